The average molecular weight is 266 g/mol. The molecule has 0 fully saturated rings. The van der Waals surface area contributed by atoms with Gasteiger partial charge in [-0.3, -0.25) is 0 Å². The number of halogens is 2. The molecule has 0 saturated carbocycles. The van der Waals surface area contributed by atoms with Crippen LogP contribution in [0.2, 0.25) is 5.02 Å². The molecule has 0 aliphatic rings. The van der Waals surface area contributed by atoms with E-state index in [-0.39, 0.29) is 22.2 Å². The molecule has 2 N–H and O–H groups in total. The van der Waals surface area contributed by atoms with Crippen LogP contribution in [0.1, 0.15) is 18.9 Å². The SMILES string of the molecule is CCCS(=O)(=O)Cc1ccc(F)c(N)c1Cl. The summed E-state index contributed by atoms with van der Waals surface area (Å²) in [5.74, 6) is -0.758. The zero-order valence-corrected chi connectivity index (χ0v) is 10.4. The highest BCUT2D eigenvalue weighted by Gasteiger charge is 2.16. The molecular weight excluding hydrogens is 253 g/mol. The first-order valence-electron chi connectivity index (χ1n) is 4.80. The van der Waals surface area contributed by atoms with Crippen LogP contribution in [0, 0.1) is 5.82 Å². The van der Waals surface area contributed by atoms with Crippen molar-refractivity contribution < 1.29 is 12.8 Å². The molecule has 1 aromatic rings. The summed E-state index contributed by atoms with van der Waals surface area (Å²) in [5.41, 5.74) is 5.51. The Morgan fingerprint density at radius 3 is 2.62 bits per heavy atom. The van der Waals surface area contributed by atoms with Crippen LogP contribution in [0.4, 0.5) is 10.1 Å². The number of benzene rings is 1. The predicted molar refractivity (Wildman–Crippen MR) is 63.6 cm³/mol. The second kappa shape index (κ2) is 5.01. The smallest absolute Gasteiger partial charge is 0.154 e. The van der Waals surface area contributed by atoms with E-state index in [1.165, 1.54) is 6.07 Å². The van der Waals surface area contributed by atoms with Gasteiger partial charge in [0.2, 0.25) is 0 Å². The molecule has 0 aliphatic carbocycles. The van der Waals surface area contributed by atoms with Gasteiger partial charge in [-0.1, -0.05) is 24.6 Å². The van der Waals surface area contributed by atoms with Gasteiger partial charge in [0, 0.05) is 0 Å². The molecule has 1 rings (SSSR count). The first kappa shape index (κ1) is 13.3. The second-order valence-corrected chi connectivity index (χ2v) is 6.09. The highest BCUT2D eigenvalue weighted by atomic mass is 35.5. The first-order chi connectivity index (χ1) is 7.37. The normalized spacial score (nSPS) is 11.7. The van der Waals surface area contributed by atoms with Gasteiger partial charge >= 0.3 is 0 Å². The molecule has 0 aromatic heterocycles. The van der Waals surface area contributed by atoms with Crippen molar-refractivity contribution in [3.63, 3.8) is 0 Å². The lowest BCUT2D eigenvalue weighted by atomic mass is 10.2. The van der Waals surface area contributed by atoms with Crippen molar-refractivity contribution in [1.29, 1.82) is 0 Å². The summed E-state index contributed by atoms with van der Waals surface area (Å²) in [6, 6.07) is 2.47. The lowest BCUT2D eigenvalue weighted by Crippen LogP contribution is -2.09. The topological polar surface area (TPSA) is 60.2 Å². The Balaban J connectivity index is 3.04. The highest BCUT2D eigenvalue weighted by molar-refractivity contribution is 7.90. The summed E-state index contributed by atoms with van der Waals surface area (Å²) in [4.78, 5) is 0. The number of rotatable bonds is 4. The number of hydrogen-bond donors (Lipinski definition) is 1. The Morgan fingerprint density at radius 1 is 1.44 bits per heavy atom. The molecule has 0 amide bonds. The molecule has 0 spiro atoms. The number of anilines is 1. The van der Waals surface area contributed by atoms with Crippen molar-refractivity contribution in [1.82, 2.24) is 0 Å². The number of sulfone groups is 1. The van der Waals surface area contributed by atoms with Gasteiger partial charge in [0.1, 0.15) is 5.82 Å². The molecule has 0 atom stereocenters. The van der Waals surface area contributed by atoms with Crippen molar-refractivity contribution in [2.24, 2.45) is 0 Å². The van der Waals surface area contributed by atoms with E-state index in [1.807, 2.05) is 0 Å². The zero-order valence-electron chi connectivity index (χ0n) is 8.83. The van der Waals surface area contributed by atoms with Crippen molar-refractivity contribution >= 4 is 27.1 Å². The van der Waals surface area contributed by atoms with Gasteiger partial charge in [-0.05, 0) is 18.1 Å². The molecule has 0 bridgehead atoms. The molecule has 6 heteroatoms. The summed E-state index contributed by atoms with van der Waals surface area (Å²) in [6.45, 7) is 1.78. The predicted octanol–water partition coefficient (Wildman–Crippen LogP) is 2.39. The minimum absolute atomic E-state index is 0.0142. The van der Waals surface area contributed by atoms with Crippen molar-refractivity contribution in [3.8, 4) is 0 Å². The van der Waals surface area contributed by atoms with E-state index >= 15 is 0 Å². The van der Waals surface area contributed by atoms with Crippen molar-refractivity contribution in [3.05, 3.63) is 28.5 Å². The zero-order chi connectivity index (χ0) is 12.3. The number of hydrogen-bond acceptors (Lipinski definition) is 3. The van der Waals surface area contributed by atoms with E-state index < -0.39 is 15.7 Å². The molecule has 16 heavy (non-hydrogen) atoms. The fourth-order valence-corrected chi connectivity index (χ4v) is 3.13. The fourth-order valence-electron chi connectivity index (χ4n) is 1.35. The molecule has 0 radical (unpaired) electrons. The Hall–Kier alpha value is -0.810. The van der Waals surface area contributed by atoms with Crippen molar-refractivity contribution in [2.45, 2.75) is 19.1 Å². The van der Waals surface area contributed by atoms with Crippen LogP contribution in [-0.4, -0.2) is 14.2 Å². The van der Waals surface area contributed by atoms with Crippen LogP contribution in [0.5, 0.6) is 0 Å². The highest BCUT2D eigenvalue weighted by Crippen LogP contribution is 2.27. The molecule has 0 unspecified atom stereocenters. The fraction of sp³-hybridized carbons (Fsp3) is 0.400. The summed E-state index contributed by atoms with van der Waals surface area (Å²) in [6.07, 6.45) is 0.538. The van der Waals surface area contributed by atoms with Crippen LogP contribution in [0.15, 0.2) is 12.1 Å². The third kappa shape index (κ3) is 3.09. The van der Waals surface area contributed by atoms with Crippen molar-refractivity contribution in [2.75, 3.05) is 11.5 Å². The van der Waals surface area contributed by atoms with Gasteiger partial charge in [-0.15, -0.1) is 0 Å². The van der Waals surface area contributed by atoms with E-state index in [4.69, 9.17) is 17.3 Å². The lowest BCUT2D eigenvalue weighted by molar-refractivity contribution is 0.593. The Kier molecular flexibility index (Phi) is 4.15. The Bertz CT molecular complexity index is 488. The maximum absolute atomic E-state index is 13.0. The Morgan fingerprint density at radius 2 is 2.06 bits per heavy atom. The van der Waals surface area contributed by atoms with Gasteiger partial charge in [-0.2, -0.15) is 0 Å². The standard InChI is InChI=1S/C10H13ClFNO2S/c1-2-5-16(14,15)6-7-3-4-8(12)10(13)9(7)11/h3-4H,2,5-6,13H2,1H3. The summed E-state index contributed by atoms with van der Waals surface area (Å²) < 4.78 is 36.1. The van der Waals surface area contributed by atoms with E-state index in [0.29, 0.717) is 12.0 Å². The van der Waals surface area contributed by atoms with Gasteiger partial charge in [-0.25, -0.2) is 12.8 Å². The van der Waals surface area contributed by atoms with E-state index in [1.54, 1.807) is 6.92 Å². The first-order valence-corrected chi connectivity index (χ1v) is 7.00. The van der Waals surface area contributed by atoms with E-state index in [2.05, 4.69) is 0 Å². The van der Waals surface area contributed by atoms with Crippen LogP contribution in [0.3, 0.4) is 0 Å². The van der Waals surface area contributed by atoms with Gasteiger partial charge in [0.15, 0.2) is 9.84 Å². The average Bonchev–Trinajstić information content (AvgIpc) is 2.19. The Labute approximate surface area is 99.3 Å². The summed E-state index contributed by atoms with van der Waals surface area (Å²) in [5, 5.41) is -0.0142. The summed E-state index contributed by atoms with van der Waals surface area (Å²) >= 11 is 5.78. The maximum atomic E-state index is 13.0. The molecule has 0 saturated heterocycles. The van der Waals surface area contributed by atoms with E-state index in [9.17, 15) is 12.8 Å². The summed E-state index contributed by atoms with van der Waals surface area (Å²) in [7, 11) is -3.20. The molecule has 0 heterocycles. The molecule has 0 aliphatic heterocycles. The third-order valence-electron chi connectivity index (χ3n) is 2.10. The molecular formula is C10H13ClFNO2S. The largest absolute Gasteiger partial charge is 0.395 e. The van der Waals surface area contributed by atoms with Crippen LogP contribution in [0.25, 0.3) is 0 Å². The van der Waals surface area contributed by atoms with Gasteiger partial charge in [0.05, 0.1) is 22.2 Å². The van der Waals surface area contributed by atoms with Gasteiger partial charge in [0.25, 0.3) is 0 Å². The van der Waals surface area contributed by atoms with Crippen LogP contribution >= 0.6 is 11.6 Å². The quantitative estimate of drug-likeness (QED) is 0.851. The minimum atomic E-state index is -3.20. The lowest BCUT2D eigenvalue weighted by Gasteiger charge is -2.07. The molecule has 3 nitrogen and oxygen atoms in total. The second-order valence-electron chi connectivity index (χ2n) is 3.53. The number of nitrogen functional groups attached to an aromatic ring is 1. The third-order valence-corrected chi connectivity index (χ3v) is 4.32. The van der Waals surface area contributed by atoms with Crippen LogP contribution in [-0.2, 0) is 15.6 Å². The van der Waals surface area contributed by atoms with E-state index in [0.717, 1.165) is 6.07 Å². The monoisotopic (exact) mass is 265 g/mol. The number of nitrogens with two attached hydrogens (primary N) is 1. The molecule has 1 aromatic carbocycles. The minimum Gasteiger partial charge on any atom is -0.395 e. The van der Waals surface area contributed by atoms with Crippen LogP contribution < -0.4 is 5.73 Å². The maximum Gasteiger partial charge on any atom is 0.154 e. The molecule has 90 valence electrons. The van der Waals surface area contributed by atoms with Gasteiger partial charge < -0.3 is 5.73 Å².